The lowest BCUT2D eigenvalue weighted by molar-refractivity contribution is -0.144. The summed E-state index contributed by atoms with van der Waals surface area (Å²) in [5, 5.41) is 14.2. The standard InChI is InChI=1S/C12H20N2O5/c15-10(16)12(3-5-19-8-12)14-11(17)13-4-6-18-7-9-1-2-9/h9H,1-8H2,(H,15,16)(H2,13,14,17). The highest BCUT2D eigenvalue weighted by atomic mass is 16.5. The molecule has 0 bridgehead atoms. The summed E-state index contributed by atoms with van der Waals surface area (Å²) in [7, 11) is 0. The predicted molar refractivity (Wildman–Crippen MR) is 65.9 cm³/mol. The van der Waals surface area contributed by atoms with E-state index in [2.05, 4.69) is 10.6 Å². The van der Waals surface area contributed by atoms with Gasteiger partial charge >= 0.3 is 12.0 Å². The van der Waals surface area contributed by atoms with Crippen molar-refractivity contribution in [1.29, 1.82) is 0 Å². The first-order valence-corrected chi connectivity index (χ1v) is 6.57. The molecule has 2 aliphatic rings. The van der Waals surface area contributed by atoms with Crippen LogP contribution in [0.3, 0.4) is 0 Å². The summed E-state index contributed by atoms with van der Waals surface area (Å²) in [6, 6.07) is -0.497. The van der Waals surface area contributed by atoms with Crippen molar-refractivity contribution in [2.24, 2.45) is 5.92 Å². The average Bonchev–Trinajstić information content (AvgIpc) is 3.06. The molecule has 0 aromatic carbocycles. The maximum Gasteiger partial charge on any atom is 0.332 e. The average molecular weight is 272 g/mol. The van der Waals surface area contributed by atoms with Crippen molar-refractivity contribution in [2.75, 3.05) is 33.0 Å². The maximum absolute atomic E-state index is 11.6. The number of urea groups is 1. The Balaban J connectivity index is 1.63. The van der Waals surface area contributed by atoms with E-state index < -0.39 is 17.5 Å². The molecule has 1 saturated carbocycles. The molecule has 0 aromatic heterocycles. The van der Waals surface area contributed by atoms with Gasteiger partial charge in [-0.05, 0) is 18.8 Å². The van der Waals surface area contributed by atoms with Gasteiger partial charge in [-0.3, -0.25) is 0 Å². The van der Waals surface area contributed by atoms with Crippen LogP contribution in [0.4, 0.5) is 4.79 Å². The summed E-state index contributed by atoms with van der Waals surface area (Å²) >= 11 is 0. The zero-order valence-electron chi connectivity index (χ0n) is 10.8. The topological polar surface area (TPSA) is 96.9 Å². The van der Waals surface area contributed by atoms with Crippen molar-refractivity contribution in [1.82, 2.24) is 10.6 Å². The van der Waals surface area contributed by atoms with Crippen molar-refractivity contribution in [3.63, 3.8) is 0 Å². The fraction of sp³-hybridized carbons (Fsp3) is 0.833. The van der Waals surface area contributed by atoms with Crippen molar-refractivity contribution in [2.45, 2.75) is 24.8 Å². The fourth-order valence-corrected chi connectivity index (χ4v) is 1.92. The highest BCUT2D eigenvalue weighted by Crippen LogP contribution is 2.28. The van der Waals surface area contributed by atoms with Crippen molar-refractivity contribution < 1.29 is 24.2 Å². The molecule has 1 aliphatic carbocycles. The van der Waals surface area contributed by atoms with Crippen LogP contribution in [-0.2, 0) is 14.3 Å². The highest BCUT2D eigenvalue weighted by Gasteiger charge is 2.43. The lowest BCUT2D eigenvalue weighted by Gasteiger charge is -2.23. The van der Waals surface area contributed by atoms with Gasteiger partial charge in [0.1, 0.15) is 0 Å². The van der Waals surface area contributed by atoms with Crippen LogP contribution >= 0.6 is 0 Å². The summed E-state index contributed by atoms with van der Waals surface area (Å²) in [5.74, 6) is -0.370. The molecule has 1 saturated heterocycles. The molecule has 19 heavy (non-hydrogen) atoms. The van der Waals surface area contributed by atoms with Crippen LogP contribution in [0.15, 0.2) is 0 Å². The van der Waals surface area contributed by atoms with Crippen molar-refractivity contribution >= 4 is 12.0 Å². The molecule has 0 radical (unpaired) electrons. The van der Waals surface area contributed by atoms with Crippen molar-refractivity contribution in [3.05, 3.63) is 0 Å². The third-order valence-corrected chi connectivity index (χ3v) is 3.37. The Morgan fingerprint density at radius 1 is 1.42 bits per heavy atom. The molecule has 3 N–H and O–H groups in total. The minimum absolute atomic E-state index is 0.00787. The summed E-state index contributed by atoms with van der Waals surface area (Å²) in [5.41, 5.74) is -1.29. The third kappa shape index (κ3) is 4.07. The summed E-state index contributed by atoms with van der Waals surface area (Å²) < 4.78 is 10.4. The van der Waals surface area contributed by atoms with Crippen LogP contribution in [0.25, 0.3) is 0 Å². The monoisotopic (exact) mass is 272 g/mol. The van der Waals surface area contributed by atoms with E-state index in [0.717, 1.165) is 6.61 Å². The van der Waals surface area contributed by atoms with Crippen LogP contribution in [-0.4, -0.2) is 55.6 Å². The van der Waals surface area contributed by atoms with Crippen LogP contribution in [0.5, 0.6) is 0 Å². The molecule has 7 heteroatoms. The number of rotatable bonds is 7. The Morgan fingerprint density at radius 2 is 2.21 bits per heavy atom. The second-order valence-electron chi connectivity index (χ2n) is 5.09. The quantitative estimate of drug-likeness (QED) is 0.565. The summed E-state index contributed by atoms with van der Waals surface area (Å²) in [6.45, 7) is 1.91. The number of carbonyl (C=O) groups is 2. The number of carboxylic acid groups (broad SMARTS) is 1. The van der Waals surface area contributed by atoms with E-state index in [-0.39, 0.29) is 13.0 Å². The van der Waals surface area contributed by atoms with E-state index in [4.69, 9.17) is 14.6 Å². The maximum atomic E-state index is 11.6. The Hall–Kier alpha value is -1.34. The lowest BCUT2D eigenvalue weighted by Crippen LogP contribution is -2.58. The number of nitrogens with one attached hydrogen (secondary N) is 2. The first-order chi connectivity index (χ1) is 9.12. The largest absolute Gasteiger partial charge is 0.479 e. The van der Waals surface area contributed by atoms with E-state index in [1.165, 1.54) is 12.8 Å². The second-order valence-corrected chi connectivity index (χ2v) is 5.09. The van der Waals surface area contributed by atoms with Gasteiger partial charge in [-0.2, -0.15) is 0 Å². The number of ether oxygens (including phenoxy) is 2. The third-order valence-electron chi connectivity index (χ3n) is 3.37. The van der Waals surface area contributed by atoms with Crippen LogP contribution < -0.4 is 10.6 Å². The summed E-state index contributed by atoms with van der Waals surface area (Å²) in [6.07, 6.45) is 2.75. The van der Waals surface area contributed by atoms with Gasteiger partial charge in [0, 0.05) is 26.2 Å². The number of amides is 2. The molecule has 1 aliphatic heterocycles. The number of hydrogen-bond donors (Lipinski definition) is 3. The molecule has 2 rings (SSSR count). The minimum atomic E-state index is -1.29. The zero-order valence-corrected chi connectivity index (χ0v) is 10.8. The number of hydrogen-bond acceptors (Lipinski definition) is 4. The number of carbonyl (C=O) groups excluding carboxylic acids is 1. The SMILES string of the molecule is O=C(NCCOCC1CC1)NC1(C(=O)O)CCOC1. The van der Waals surface area contributed by atoms with Gasteiger partial charge in [-0.25, -0.2) is 9.59 Å². The van der Waals surface area contributed by atoms with Crippen molar-refractivity contribution in [3.8, 4) is 0 Å². The molecule has 108 valence electrons. The normalized spacial score (nSPS) is 26.1. The fourth-order valence-electron chi connectivity index (χ4n) is 1.92. The lowest BCUT2D eigenvalue weighted by atomic mass is 9.99. The molecule has 0 aromatic rings. The molecule has 1 heterocycles. The van der Waals surface area contributed by atoms with Crippen LogP contribution in [0, 0.1) is 5.92 Å². The number of carboxylic acids is 1. The Bertz CT molecular complexity index is 337. The molecule has 2 fully saturated rings. The Morgan fingerprint density at radius 3 is 2.79 bits per heavy atom. The molecule has 2 amide bonds. The summed E-state index contributed by atoms with van der Waals surface area (Å²) in [4.78, 5) is 22.8. The van der Waals surface area contributed by atoms with Gasteiger partial charge in [0.05, 0.1) is 13.2 Å². The molecule has 1 atom stereocenters. The van der Waals surface area contributed by atoms with Gasteiger partial charge in [0.2, 0.25) is 0 Å². The number of aliphatic carboxylic acids is 1. The van der Waals surface area contributed by atoms with E-state index in [0.29, 0.717) is 25.7 Å². The van der Waals surface area contributed by atoms with Gasteiger partial charge in [-0.15, -0.1) is 0 Å². The smallest absolute Gasteiger partial charge is 0.332 e. The van der Waals surface area contributed by atoms with Gasteiger partial charge < -0.3 is 25.2 Å². The molecular weight excluding hydrogens is 252 g/mol. The van der Waals surface area contributed by atoms with Crippen LogP contribution in [0.1, 0.15) is 19.3 Å². The van der Waals surface area contributed by atoms with E-state index >= 15 is 0 Å². The molecule has 7 nitrogen and oxygen atoms in total. The van der Waals surface area contributed by atoms with E-state index in [9.17, 15) is 9.59 Å². The Labute approximate surface area is 111 Å². The van der Waals surface area contributed by atoms with E-state index in [1.54, 1.807) is 0 Å². The first-order valence-electron chi connectivity index (χ1n) is 6.57. The second kappa shape index (κ2) is 6.21. The molecular formula is C12H20N2O5. The molecule has 1 unspecified atom stereocenters. The highest BCUT2D eigenvalue weighted by molar-refractivity contribution is 5.86. The van der Waals surface area contributed by atoms with Gasteiger partial charge in [0.15, 0.2) is 5.54 Å². The minimum Gasteiger partial charge on any atom is -0.479 e. The Kier molecular flexibility index (Phi) is 4.60. The first kappa shape index (κ1) is 14.1. The van der Waals surface area contributed by atoms with Gasteiger partial charge in [0.25, 0.3) is 0 Å². The predicted octanol–water partition coefficient (Wildman–Crippen LogP) is -0.0441. The van der Waals surface area contributed by atoms with Crippen LogP contribution in [0.2, 0.25) is 0 Å². The van der Waals surface area contributed by atoms with E-state index in [1.807, 2.05) is 0 Å². The molecule has 0 spiro atoms. The van der Waals surface area contributed by atoms with Gasteiger partial charge in [-0.1, -0.05) is 0 Å². The zero-order chi connectivity index (χ0) is 13.7.